The highest BCUT2D eigenvalue weighted by molar-refractivity contribution is 6.11. The fraction of sp³-hybridized carbons (Fsp3) is 0.421. The molecule has 124 valence electrons. The van der Waals surface area contributed by atoms with Gasteiger partial charge in [-0.05, 0) is 19.4 Å². The summed E-state index contributed by atoms with van der Waals surface area (Å²) in [6.07, 6.45) is 1.09. The normalized spacial score (nSPS) is 14.0. The van der Waals surface area contributed by atoms with Crippen molar-refractivity contribution in [2.24, 2.45) is 0 Å². The predicted molar refractivity (Wildman–Crippen MR) is 92.0 cm³/mol. The van der Waals surface area contributed by atoms with Crippen LogP contribution in [0.4, 0.5) is 0 Å². The number of hydrogen-bond donors (Lipinski definition) is 0. The van der Waals surface area contributed by atoms with Crippen molar-refractivity contribution in [1.82, 2.24) is 4.90 Å². The van der Waals surface area contributed by atoms with Crippen LogP contribution < -0.4 is 0 Å². The van der Waals surface area contributed by atoms with E-state index >= 15 is 0 Å². The van der Waals surface area contributed by atoms with Crippen LogP contribution in [0.25, 0.3) is 5.70 Å². The number of ketones is 2. The molecule has 4 nitrogen and oxygen atoms in total. The zero-order chi connectivity index (χ0) is 17.6. The van der Waals surface area contributed by atoms with Crippen molar-refractivity contribution in [3.63, 3.8) is 0 Å². The van der Waals surface area contributed by atoms with Gasteiger partial charge in [0.15, 0.2) is 5.78 Å². The lowest BCUT2D eigenvalue weighted by molar-refractivity contribution is -0.121. The van der Waals surface area contributed by atoms with Crippen LogP contribution in [0.5, 0.6) is 0 Å². The Labute approximate surface area is 138 Å². The van der Waals surface area contributed by atoms with Crippen LogP contribution >= 0.6 is 0 Å². The molecule has 1 amide bonds. The number of amides is 1. The van der Waals surface area contributed by atoms with Crippen molar-refractivity contribution in [3.8, 4) is 0 Å². The van der Waals surface area contributed by atoms with Gasteiger partial charge in [-0.25, -0.2) is 0 Å². The number of carbonyl (C=O) groups is 3. The number of fused-ring (bicyclic) bond motifs is 1. The minimum Gasteiger partial charge on any atom is -0.300 e. The largest absolute Gasteiger partial charge is 0.300 e. The van der Waals surface area contributed by atoms with Gasteiger partial charge in [-0.1, -0.05) is 45.5 Å². The fourth-order valence-corrected chi connectivity index (χ4v) is 2.62. The van der Waals surface area contributed by atoms with Crippen molar-refractivity contribution in [1.29, 1.82) is 0 Å². The Morgan fingerprint density at radius 2 is 1.74 bits per heavy atom. The maximum absolute atomic E-state index is 12.5. The summed E-state index contributed by atoms with van der Waals surface area (Å²) in [4.78, 5) is 37.4. The first-order valence-corrected chi connectivity index (χ1v) is 8.11. The minimum absolute atomic E-state index is 0.0935. The van der Waals surface area contributed by atoms with Crippen LogP contribution in [0.1, 0.15) is 62.9 Å². The highest BCUT2D eigenvalue weighted by Gasteiger charge is 2.37. The quantitative estimate of drug-likeness (QED) is 0.801. The Bertz CT molecular complexity index is 584. The smallest absolute Gasteiger partial charge is 0.259 e. The molecule has 0 aliphatic carbocycles. The van der Waals surface area contributed by atoms with E-state index < -0.39 is 6.04 Å². The van der Waals surface area contributed by atoms with E-state index in [0.29, 0.717) is 30.5 Å². The molecular weight excluding hydrogens is 290 g/mol. The Kier molecular flexibility index (Phi) is 6.89. The van der Waals surface area contributed by atoms with Gasteiger partial charge in [0, 0.05) is 29.7 Å². The second kappa shape index (κ2) is 8.42. The summed E-state index contributed by atoms with van der Waals surface area (Å²) < 4.78 is 0. The molecule has 0 radical (unpaired) electrons. The van der Waals surface area contributed by atoms with E-state index in [1.807, 2.05) is 26.0 Å². The van der Waals surface area contributed by atoms with Gasteiger partial charge in [-0.3, -0.25) is 19.3 Å². The molecule has 1 aliphatic rings. The average Bonchev–Trinajstić information content (AvgIpc) is 2.82. The van der Waals surface area contributed by atoms with Crippen molar-refractivity contribution >= 4 is 23.2 Å². The number of hydrogen-bond acceptors (Lipinski definition) is 3. The number of rotatable bonds is 6. The molecule has 0 saturated heterocycles. The molecule has 0 fully saturated rings. The first kappa shape index (κ1) is 18.8. The standard InChI is InChI=1S/C17H19NO3.C2H6/c1-4-13(20)9-10-16(12(3)19)18-11(2)14-7-5-6-8-15(14)17(18)21;1-2/h5-8,16H,2,4,9-10H2,1,3H3;1-2H3. The Morgan fingerprint density at radius 3 is 2.22 bits per heavy atom. The molecule has 1 unspecified atom stereocenters. The van der Waals surface area contributed by atoms with E-state index in [1.54, 1.807) is 19.1 Å². The fourth-order valence-electron chi connectivity index (χ4n) is 2.62. The molecule has 1 aromatic carbocycles. The molecule has 0 aromatic heterocycles. The number of benzene rings is 1. The second-order valence-electron chi connectivity index (χ2n) is 5.22. The molecular formula is C19H25NO3. The second-order valence-corrected chi connectivity index (χ2v) is 5.22. The van der Waals surface area contributed by atoms with Crippen molar-refractivity contribution in [2.45, 2.75) is 53.0 Å². The Balaban J connectivity index is 0.00000127. The molecule has 1 aliphatic heterocycles. The molecule has 1 heterocycles. The third-order valence-corrected chi connectivity index (χ3v) is 3.85. The zero-order valence-electron chi connectivity index (χ0n) is 14.4. The van der Waals surface area contributed by atoms with Gasteiger partial charge in [-0.15, -0.1) is 0 Å². The summed E-state index contributed by atoms with van der Waals surface area (Å²) in [5.41, 5.74) is 1.87. The van der Waals surface area contributed by atoms with Crippen molar-refractivity contribution in [3.05, 3.63) is 42.0 Å². The van der Waals surface area contributed by atoms with Gasteiger partial charge in [0.25, 0.3) is 5.91 Å². The third kappa shape index (κ3) is 3.95. The number of nitrogens with zero attached hydrogens (tertiary/aromatic N) is 1. The molecule has 0 saturated carbocycles. The van der Waals surface area contributed by atoms with E-state index in [4.69, 9.17) is 0 Å². The summed E-state index contributed by atoms with van der Waals surface area (Å²) in [5.74, 6) is -0.239. The highest BCUT2D eigenvalue weighted by Crippen LogP contribution is 2.34. The summed E-state index contributed by atoms with van der Waals surface area (Å²) in [6, 6.07) is 6.57. The SMILES string of the molecule is C=C1c2ccccc2C(=O)N1C(CCC(=O)CC)C(C)=O.CC. The highest BCUT2D eigenvalue weighted by atomic mass is 16.2. The van der Waals surface area contributed by atoms with E-state index in [0.717, 1.165) is 5.56 Å². The van der Waals surface area contributed by atoms with Crippen LogP contribution in [0.2, 0.25) is 0 Å². The summed E-state index contributed by atoms with van der Waals surface area (Å²) in [7, 11) is 0. The molecule has 23 heavy (non-hydrogen) atoms. The summed E-state index contributed by atoms with van der Waals surface area (Å²) in [5, 5.41) is 0. The van der Waals surface area contributed by atoms with Gasteiger partial charge in [0.2, 0.25) is 0 Å². The topological polar surface area (TPSA) is 54.5 Å². The summed E-state index contributed by atoms with van der Waals surface area (Å²) >= 11 is 0. The molecule has 4 heteroatoms. The number of Topliss-reactive ketones (excluding diaryl/α,β-unsaturated/α-hetero) is 2. The predicted octanol–water partition coefficient (Wildman–Crippen LogP) is 3.86. The van der Waals surface area contributed by atoms with Crippen LogP contribution in [0.15, 0.2) is 30.8 Å². The molecule has 1 atom stereocenters. The van der Waals surface area contributed by atoms with E-state index in [2.05, 4.69) is 6.58 Å². The van der Waals surface area contributed by atoms with Gasteiger partial charge in [0.1, 0.15) is 5.78 Å². The number of carbonyl (C=O) groups excluding carboxylic acids is 3. The maximum atomic E-state index is 12.5. The van der Waals surface area contributed by atoms with Crippen LogP contribution in [-0.2, 0) is 9.59 Å². The summed E-state index contributed by atoms with van der Waals surface area (Å²) in [6.45, 7) is 11.2. The van der Waals surface area contributed by atoms with Crippen LogP contribution in [-0.4, -0.2) is 28.4 Å². The van der Waals surface area contributed by atoms with Crippen molar-refractivity contribution in [2.75, 3.05) is 0 Å². The average molecular weight is 315 g/mol. The molecule has 0 N–H and O–H groups in total. The van der Waals surface area contributed by atoms with Crippen molar-refractivity contribution < 1.29 is 14.4 Å². The lowest BCUT2D eigenvalue weighted by atomic mass is 10.0. The minimum atomic E-state index is -0.618. The third-order valence-electron chi connectivity index (χ3n) is 3.85. The van der Waals surface area contributed by atoms with Gasteiger partial charge in [0.05, 0.1) is 6.04 Å². The lowest BCUT2D eigenvalue weighted by Crippen LogP contribution is -2.40. The lowest BCUT2D eigenvalue weighted by Gasteiger charge is -2.26. The molecule has 2 rings (SSSR count). The van der Waals surface area contributed by atoms with Crippen LogP contribution in [0, 0.1) is 0 Å². The Hall–Kier alpha value is -2.23. The van der Waals surface area contributed by atoms with Crippen LogP contribution in [0.3, 0.4) is 0 Å². The van der Waals surface area contributed by atoms with Gasteiger partial charge < -0.3 is 0 Å². The molecule has 0 bridgehead atoms. The van der Waals surface area contributed by atoms with E-state index in [1.165, 1.54) is 11.8 Å². The first-order valence-electron chi connectivity index (χ1n) is 8.11. The zero-order valence-corrected chi connectivity index (χ0v) is 14.4. The maximum Gasteiger partial charge on any atom is 0.259 e. The van der Waals surface area contributed by atoms with E-state index in [-0.39, 0.29) is 17.5 Å². The first-order chi connectivity index (χ1) is 11.0. The van der Waals surface area contributed by atoms with E-state index in [9.17, 15) is 14.4 Å². The monoisotopic (exact) mass is 315 g/mol. The molecule has 1 aromatic rings. The molecule has 0 spiro atoms. The van der Waals surface area contributed by atoms with Gasteiger partial charge in [-0.2, -0.15) is 0 Å². The Morgan fingerprint density at radius 1 is 1.17 bits per heavy atom. The van der Waals surface area contributed by atoms with Gasteiger partial charge >= 0.3 is 0 Å².